The van der Waals surface area contributed by atoms with Gasteiger partial charge in [0.25, 0.3) is 0 Å². The summed E-state index contributed by atoms with van der Waals surface area (Å²) in [5, 5.41) is 15.7. The highest BCUT2D eigenvalue weighted by Crippen LogP contribution is 2.52. The molecular weight excluding hydrogens is 462 g/mol. The van der Waals surface area contributed by atoms with Crippen molar-refractivity contribution < 1.29 is 24.0 Å². The van der Waals surface area contributed by atoms with Crippen LogP contribution in [0.4, 0.5) is 16.3 Å². The number of fused-ring (bicyclic) bond motifs is 1. The highest BCUT2D eigenvalue weighted by atomic mass is 32.1. The Balaban J connectivity index is 1.29. The van der Waals surface area contributed by atoms with Crippen LogP contribution in [0.2, 0.25) is 0 Å². The van der Waals surface area contributed by atoms with E-state index in [1.165, 1.54) is 22.7 Å². The molecule has 4 aromatic rings. The minimum atomic E-state index is -0.762. The molecular formula is C23H17N3O5S2. The number of amides is 1. The number of aliphatic carboxylic acids is 1. The molecule has 8 nitrogen and oxygen atoms in total. The maximum atomic E-state index is 12.2. The van der Waals surface area contributed by atoms with Crippen molar-refractivity contribution >= 4 is 55.6 Å². The number of carbonyl (C=O) groups is 2. The van der Waals surface area contributed by atoms with Gasteiger partial charge in [0.05, 0.1) is 4.88 Å². The summed E-state index contributed by atoms with van der Waals surface area (Å²) in [4.78, 5) is 25.4. The fourth-order valence-corrected chi connectivity index (χ4v) is 5.80. The van der Waals surface area contributed by atoms with Crippen LogP contribution < -0.4 is 11.1 Å². The highest BCUT2D eigenvalue weighted by Gasteiger charge is 2.53. The number of thiophene rings is 2. The van der Waals surface area contributed by atoms with Crippen LogP contribution in [0, 0.1) is 11.8 Å². The van der Waals surface area contributed by atoms with Crippen molar-refractivity contribution in [3.63, 3.8) is 0 Å². The number of carboxylic acids is 1. The van der Waals surface area contributed by atoms with E-state index in [1.54, 1.807) is 0 Å². The van der Waals surface area contributed by atoms with Gasteiger partial charge in [-0.2, -0.15) is 0 Å². The van der Waals surface area contributed by atoms with Crippen LogP contribution in [0.3, 0.4) is 0 Å². The van der Waals surface area contributed by atoms with E-state index in [1.807, 2.05) is 42.5 Å². The number of nitrogens with two attached hydrogens (primary N) is 1. The van der Waals surface area contributed by atoms with Crippen molar-refractivity contribution in [1.29, 1.82) is 0 Å². The molecule has 1 aliphatic rings. The third kappa shape index (κ3) is 4.16. The molecule has 1 saturated carbocycles. The summed E-state index contributed by atoms with van der Waals surface area (Å²) in [5.41, 5.74) is 6.11. The molecule has 0 saturated heterocycles. The average molecular weight is 480 g/mol. The van der Waals surface area contributed by atoms with Crippen molar-refractivity contribution in [2.45, 2.75) is 24.9 Å². The number of anilines is 2. The number of hydrogen-bond donors (Lipinski definition) is 3. The predicted molar refractivity (Wildman–Crippen MR) is 125 cm³/mol. The first kappa shape index (κ1) is 21.1. The van der Waals surface area contributed by atoms with Crippen molar-refractivity contribution in [1.82, 2.24) is 5.16 Å². The lowest BCUT2D eigenvalue weighted by Crippen LogP contribution is -2.17. The number of nitrogens with one attached hydrogen (secondary N) is 1. The number of carboxylic acid groups (broad SMARTS) is 1. The summed E-state index contributed by atoms with van der Waals surface area (Å²) in [6.45, 7) is 0.107. The highest BCUT2D eigenvalue weighted by molar-refractivity contribution is 7.28. The fraction of sp³-hybridized carbons (Fsp3) is 0.174. The minimum absolute atomic E-state index is 0.00355. The van der Waals surface area contributed by atoms with Crippen molar-refractivity contribution in [3.05, 3.63) is 63.5 Å². The van der Waals surface area contributed by atoms with Gasteiger partial charge >= 0.3 is 12.1 Å². The number of aromatic nitrogens is 1. The molecule has 5 rings (SSSR count). The van der Waals surface area contributed by atoms with E-state index < -0.39 is 17.5 Å². The molecule has 3 aromatic heterocycles. The van der Waals surface area contributed by atoms with E-state index in [0.717, 1.165) is 24.7 Å². The maximum Gasteiger partial charge on any atom is 0.412 e. The maximum absolute atomic E-state index is 12.2. The largest absolute Gasteiger partial charge is 0.481 e. The minimum Gasteiger partial charge on any atom is -0.481 e. The topological polar surface area (TPSA) is 128 Å². The molecule has 166 valence electrons. The van der Waals surface area contributed by atoms with E-state index in [4.69, 9.17) is 15.0 Å². The van der Waals surface area contributed by atoms with Gasteiger partial charge in [-0.25, -0.2) is 4.79 Å². The smallest absolute Gasteiger partial charge is 0.412 e. The first-order valence-corrected chi connectivity index (χ1v) is 11.6. The Kier molecular flexibility index (Phi) is 5.28. The third-order valence-corrected chi connectivity index (χ3v) is 7.71. The van der Waals surface area contributed by atoms with Crippen LogP contribution in [0.5, 0.6) is 0 Å². The summed E-state index contributed by atoms with van der Waals surface area (Å²) in [6.07, 6.45) is 0.659. The van der Waals surface area contributed by atoms with Gasteiger partial charge in [-0.1, -0.05) is 35.5 Å². The third-order valence-electron chi connectivity index (χ3n) is 5.30. The van der Waals surface area contributed by atoms with E-state index >= 15 is 0 Å². The number of rotatable bonds is 5. The molecule has 1 aromatic carbocycles. The summed E-state index contributed by atoms with van der Waals surface area (Å²) < 4.78 is 12.3. The lowest BCUT2D eigenvalue weighted by molar-refractivity contribution is -0.139. The van der Waals surface area contributed by atoms with Gasteiger partial charge in [-0.3, -0.25) is 10.1 Å². The Morgan fingerprint density at radius 2 is 1.94 bits per heavy atom. The van der Waals surface area contributed by atoms with Crippen molar-refractivity contribution in [2.24, 2.45) is 0 Å². The second-order valence-corrected chi connectivity index (χ2v) is 9.71. The standard InChI is InChI=1S/C23H17N3O5S2/c24-20-19(25-22(29)30-12-13-4-2-1-3-5-13)15(31-26-20)7-6-14-10-16-17(32-14)11-18(33-16)23(8-9-23)21(27)28/h1-5,10-11H,8-9,12H2,(H2,24,26)(H,25,29)(H,27,28). The second kappa shape index (κ2) is 8.27. The number of nitrogens with zero attached hydrogens (tertiary/aromatic N) is 1. The Labute approximate surface area is 196 Å². The second-order valence-electron chi connectivity index (χ2n) is 7.55. The van der Waals surface area contributed by atoms with Gasteiger partial charge in [-0.15, -0.1) is 22.7 Å². The number of ether oxygens (including phenoxy) is 1. The first-order valence-electron chi connectivity index (χ1n) is 9.97. The van der Waals surface area contributed by atoms with Crippen LogP contribution in [-0.2, 0) is 21.6 Å². The van der Waals surface area contributed by atoms with Crippen LogP contribution in [-0.4, -0.2) is 22.3 Å². The molecule has 1 amide bonds. The van der Waals surface area contributed by atoms with Gasteiger partial charge in [0.2, 0.25) is 5.76 Å². The fourth-order valence-electron chi connectivity index (χ4n) is 3.31. The van der Waals surface area contributed by atoms with Crippen LogP contribution in [0.15, 0.2) is 47.0 Å². The molecule has 1 aliphatic carbocycles. The Morgan fingerprint density at radius 3 is 2.64 bits per heavy atom. The molecule has 0 atom stereocenters. The van der Waals surface area contributed by atoms with Gasteiger partial charge in [0, 0.05) is 14.3 Å². The zero-order chi connectivity index (χ0) is 23.0. The monoisotopic (exact) mass is 479 g/mol. The van der Waals surface area contributed by atoms with Crippen LogP contribution in [0.25, 0.3) is 9.40 Å². The molecule has 0 radical (unpaired) electrons. The Morgan fingerprint density at radius 1 is 1.18 bits per heavy atom. The molecule has 10 heteroatoms. The molecule has 1 fully saturated rings. The van der Waals surface area contributed by atoms with Gasteiger partial charge < -0.3 is 20.1 Å². The summed E-state index contributed by atoms with van der Waals surface area (Å²) in [6, 6.07) is 13.1. The molecule has 0 aliphatic heterocycles. The Hall–Kier alpha value is -3.81. The molecule has 0 unspecified atom stereocenters. The van der Waals surface area contributed by atoms with E-state index in [9.17, 15) is 14.7 Å². The SMILES string of the molecule is Nc1noc(C#Cc2cc3sc(C4(C(=O)O)CC4)cc3s2)c1NC(=O)OCc1ccccc1. The zero-order valence-electron chi connectivity index (χ0n) is 17.1. The number of carbonyl (C=O) groups excluding carboxylic acids is 1. The number of hydrogen-bond acceptors (Lipinski definition) is 8. The normalized spacial score (nSPS) is 13.8. The lowest BCUT2D eigenvalue weighted by Gasteiger charge is -2.05. The molecule has 0 bridgehead atoms. The van der Waals surface area contributed by atoms with E-state index in [0.29, 0.717) is 12.8 Å². The van der Waals surface area contributed by atoms with Crippen LogP contribution >= 0.6 is 22.7 Å². The van der Waals surface area contributed by atoms with Gasteiger partial charge in [-0.05, 0) is 42.4 Å². The molecule has 0 spiro atoms. The van der Waals surface area contributed by atoms with Crippen molar-refractivity contribution in [2.75, 3.05) is 11.1 Å². The first-order chi connectivity index (χ1) is 15.9. The van der Waals surface area contributed by atoms with Crippen molar-refractivity contribution in [3.8, 4) is 11.8 Å². The Bertz CT molecular complexity index is 1390. The molecule has 33 heavy (non-hydrogen) atoms. The summed E-state index contributed by atoms with van der Waals surface area (Å²) in [5.74, 6) is 5.19. The quantitative estimate of drug-likeness (QED) is 0.351. The van der Waals surface area contributed by atoms with E-state index in [2.05, 4.69) is 22.3 Å². The van der Waals surface area contributed by atoms with E-state index in [-0.39, 0.29) is 23.9 Å². The summed E-state index contributed by atoms with van der Waals surface area (Å²) in [7, 11) is 0. The molecule has 3 heterocycles. The summed E-state index contributed by atoms with van der Waals surface area (Å²) >= 11 is 2.95. The zero-order valence-corrected chi connectivity index (χ0v) is 18.7. The number of benzene rings is 1. The average Bonchev–Trinajstić information content (AvgIpc) is 3.24. The lowest BCUT2D eigenvalue weighted by atomic mass is 10.1. The van der Waals surface area contributed by atoms with Crippen LogP contribution in [0.1, 0.15) is 33.9 Å². The van der Waals surface area contributed by atoms with Gasteiger partial charge in [0.1, 0.15) is 17.7 Å². The molecule has 4 N–H and O–H groups in total. The van der Waals surface area contributed by atoms with Gasteiger partial charge in [0.15, 0.2) is 5.82 Å². The number of nitrogen functional groups attached to an aromatic ring is 1. The predicted octanol–water partition coefficient (Wildman–Crippen LogP) is 4.80.